The summed E-state index contributed by atoms with van der Waals surface area (Å²) in [7, 11) is 0. The summed E-state index contributed by atoms with van der Waals surface area (Å²) in [6, 6.07) is 8.03. The van der Waals surface area contributed by atoms with E-state index in [2.05, 4.69) is 32.0 Å². The molecule has 2 bridgehead atoms. The number of halogens is 1. The van der Waals surface area contributed by atoms with Crippen molar-refractivity contribution in [3.8, 4) is 5.69 Å². The minimum absolute atomic E-state index is 0.0277. The van der Waals surface area contributed by atoms with Gasteiger partial charge in [0.15, 0.2) is 5.69 Å². The number of hydrogen-bond acceptors (Lipinski definition) is 5. The molecule has 0 N–H and O–H groups in total. The Balaban J connectivity index is 1.45. The third-order valence-electron chi connectivity index (χ3n) is 6.82. The van der Waals surface area contributed by atoms with Crippen molar-refractivity contribution in [3.63, 3.8) is 0 Å². The van der Waals surface area contributed by atoms with Crippen LogP contribution in [0.3, 0.4) is 0 Å². The van der Waals surface area contributed by atoms with Gasteiger partial charge in [0.1, 0.15) is 5.69 Å². The molecule has 3 aromatic rings. The van der Waals surface area contributed by atoms with Crippen LogP contribution in [-0.4, -0.2) is 47.9 Å². The van der Waals surface area contributed by atoms with E-state index in [0.717, 1.165) is 37.1 Å². The molecule has 7 nitrogen and oxygen atoms in total. The van der Waals surface area contributed by atoms with Gasteiger partial charge in [0.2, 0.25) is 0 Å². The van der Waals surface area contributed by atoms with Gasteiger partial charge in [0.05, 0.1) is 17.4 Å². The molecule has 0 radical (unpaired) electrons. The lowest BCUT2D eigenvalue weighted by molar-refractivity contribution is -0.0573. The molecule has 0 aromatic carbocycles. The maximum atomic E-state index is 13.9. The van der Waals surface area contributed by atoms with Crippen LogP contribution in [0.25, 0.3) is 5.69 Å². The number of aromatic nitrogens is 5. The number of fused-ring (bicyclic) bond motifs is 2. The van der Waals surface area contributed by atoms with Crippen LogP contribution in [0.1, 0.15) is 48.1 Å². The summed E-state index contributed by atoms with van der Waals surface area (Å²) in [5.41, 5.74) is 2.84. The second-order valence-corrected chi connectivity index (χ2v) is 9.11. The first-order chi connectivity index (χ1) is 15.0. The van der Waals surface area contributed by atoms with Crippen molar-refractivity contribution in [2.45, 2.75) is 51.6 Å². The number of piperidine rings is 2. The third-order valence-corrected chi connectivity index (χ3v) is 7.04. The lowest BCUT2D eigenvalue weighted by Crippen LogP contribution is -2.63. The number of nitrogens with zero attached hydrogens (tertiary/aromatic N) is 6. The van der Waals surface area contributed by atoms with Gasteiger partial charge in [-0.25, -0.2) is 4.98 Å². The fourth-order valence-corrected chi connectivity index (χ4v) is 5.14. The Hall–Kier alpha value is -2.80. The standard InChI is InChI=1S/C23H25ClN6O/c1-14-3-7-21(30-26-9-10-27-30)22(28-14)23(31)29-19-11-16(12-19)15(2)20(29)8-6-18-5-4-17(24)13-25-18/h3-5,7,9-10,13,15-16,19-20H,6,8,11-12H2,1-2H3/t15-,16?,19?,20?/m1/s1. The summed E-state index contributed by atoms with van der Waals surface area (Å²) in [6.07, 6.45) is 8.72. The number of rotatable bonds is 5. The Morgan fingerprint density at radius 3 is 2.65 bits per heavy atom. The normalized spacial score (nSPS) is 24.7. The summed E-state index contributed by atoms with van der Waals surface area (Å²) < 4.78 is 0. The van der Waals surface area contributed by atoms with E-state index in [4.69, 9.17) is 11.6 Å². The first kappa shape index (κ1) is 20.1. The van der Waals surface area contributed by atoms with Crippen LogP contribution in [0.15, 0.2) is 42.9 Å². The monoisotopic (exact) mass is 436 g/mol. The van der Waals surface area contributed by atoms with Gasteiger partial charge < -0.3 is 4.90 Å². The van der Waals surface area contributed by atoms with E-state index in [9.17, 15) is 4.79 Å². The number of hydrogen-bond donors (Lipinski definition) is 0. The van der Waals surface area contributed by atoms with Crippen LogP contribution in [0.2, 0.25) is 5.02 Å². The lowest BCUT2D eigenvalue weighted by atomic mass is 9.64. The van der Waals surface area contributed by atoms with E-state index in [1.54, 1.807) is 18.6 Å². The second kappa shape index (κ2) is 8.04. The minimum atomic E-state index is -0.0277. The highest BCUT2D eigenvalue weighted by atomic mass is 35.5. The molecule has 1 amide bonds. The van der Waals surface area contributed by atoms with Gasteiger partial charge in [-0.2, -0.15) is 10.2 Å². The summed E-state index contributed by atoms with van der Waals surface area (Å²) in [5, 5.41) is 9.09. The van der Waals surface area contributed by atoms with Crippen LogP contribution in [-0.2, 0) is 6.42 Å². The minimum Gasteiger partial charge on any atom is -0.331 e. The molecule has 1 unspecified atom stereocenters. The van der Waals surface area contributed by atoms with E-state index in [-0.39, 0.29) is 18.0 Å². The molecule has 3 aromatic heterocycles. The molecule has 1 saturated carbocycles. The van der Waals surface area contributed by atoms with Crippen molar-refractivity contribution in [2.24, 2.45) is 11.8 Å². The molecule has 3 aliphatic rings. The van der Waals surface area contributed by atoms with Crippen LogP contribution in [0.4, 0.5) is 0 Å². The van der Waals surface area contributed by atoms with Crippen molar-refractivity contribution < 1.29 is 4.79 Å². The maximum absolute atomic E-state index is 13.9. The Labute approximate surface area is 186 Å². The molecule has 6 rings (SSSR count). The molecule has 160 valence electrons. The predicted molar refractivity (Wildman–Crippen MR) is 117 cm³/mol. The maximum Gasteiger partial charge on any atom is 0.275 e. The molecule has 0 spiro atoms. The number of pyridine rings is 2. The first-order valence-electron chi connectivity index (χ1n) is 10.8. The molecule has 1 aliphatic carbocycles. The molecule has 31 heavy (non-hydrogen) atoms. The number of carbonyl (C=O) groups excluding carboxylic acids is 1. The zero-order valence-corrected chi connectivity index (χ0v) is 18.4. The van der Waals surface area contributed by atoms with Gasteiger partial charge in [-0.1, -0.05) is 18.5 Å². The van der Waals surface area contributed by atoms with E-state index in [0.29, 0.717) is 28.2 Å². The van der Waals surface area contributed by atoms with E-state index in [1.165, 1.54) is 4.80 Å². The van der Waals surface area contributed by atoms with E-state index in [1.807, 2.05) is 31.2 Å². The summed E-state index contributed by atoms with van der Waals surface area (Å²) in [5.74, 6) is 1.10. The lowest BCUT2D eigenvalue weighted by Gasteiger charge is -2.57. The fraction of sp³-hybridized carbons (Fsp3) is 0.435. The number of amides is 1. The van der Waals surface area contributed by atoms with Gasteiger partial charge in [0.25, 0.3) is 5.91 Å². The Bertz CT molecular complexity index is 1080. The molecule has 2 aliphatic heterocycles. The number of carbonyl (C=O) groups is 1. The summed E-state index contributed by atoms with van der Waals surface area (Å²) >= 11 is 5.98. The molecular formula is C23H25ClN6O. The van der Waals surface area contributed by atoms with Gasteiger partial charge in [-0.3, -0.25) is 9.78 Å². The highest BCUT2D eigenvalue weighted by Crippen LogP contribution is 2.48. The summed E-state index contributed by atoms with van der Waals surface area (Å²) in [6.45, 7) is 4.18. The Morgan fingerprint density at radius 1 is 1.16 bits per heavy atom. The molecule has 2 atom stereocenters. The van der Waals surface area contributed by atoms with Gasteiger partial charge >= 0.3 is 0 Å². The molecule has 3 fully saturated rings. The van der Waals surface area contributed by atoms with Crippen molar-refractivity contribution in [2.75, 3.05) is 0 Å². The van der Waals surface area contributed by atoms with E-state index >= 15 is 0 Å². The van der Waals surface area contributed by atoms with Crippen molar-refractivity contribution in [1.29, 1.82) is 0 Å². The Morgan fingerprint density at radius 2 is 1.94 bits per heavy atom. The first-order valence-corrected chi connectivity index (χ1v) is 11.2. The van der Waals surface area contributed by atoms with Crippen LogP contribution < -0.4 is 0 Å². The zero-order chi connectivity index (χ0) is 21.5. The average molecular weight is 437 g/mol. The van der Waals surface area contributed by atoms with Gasteiger partial charge in [-0.15, -0.1) is 4.80 Å². The van der Waals surface area contributed by atoms with Crippen LogP contribution >= 0.6 is 11.6 Å². The second-order valence-electron chi connectivity index (χ2n) is 8.67. The quantitative estimate of drug-likeness (QED) is 0.606. The van der Waals surface area contributed by atoms with Gasteiger partial charge in [-0.05, 0) is 68.7 Å². The molecular weight excluding hydrogens is 412 g/mol. The topological polar surface area (TPSA) is 76.8 Å². The SMILES string of the molecule is Cc1ccc(-n2nccn2)c(C(=O)N2C3CC(C3)[C@@H](C)C2CCc2ccc(Cl)cn2)n1. The third kappa shape index (κ3) is 3.71. The highest BCUT2D eigenvalue weighted by Gasteiger charge is 2.50. The van der Waals surface area contributed by atoms with E-state index < -0.39 is 0 Å². The predicted octanol–water partition coefficient (Wildman–Crippen LogP) is 3.89. The summed E-state index contributed by atoms with van der Waals surface area (Å²) in [4.78, 5) is 26.5. The molecule has 2 saturated heterocycles. The largest absolute Gasteiger partial charge is 0.331 e. The fourth-order valence-electron chi connectivity index (χ4n) is 5.02. The smallest absolute Gasteiger partial charge is 0.275 e. The highest BCUT2D eigenvalue weighted by molar-refractivity contribution is 6.30. The zero-order valence-electron chi connectivity index (χ0n) is 17.6. The van der Waals surface area contributed by atoms with Crippen LogP contribution in [0.5, 0.6) is 0 Å². The molecule has 8 heteroatoms. The van der Waals surface area contributed by atoms with Gasteiger partial charge in [0, 0.05) is 29.7 Å². The molecule has 5 heterocycles. The average Bonchev–Trinajstić information content (AvgIpc) is 3.27. The van der Waals surface area contributed by atoms with Crippen molar-refractivity contribution in [3.05, 3.63) is 65.0 Å². The van der Waals surface area contributed by atoms with Crippen molar-refractivity contribution >= 4 is 17.5 Å². The van der Waals surface area contributed by atoms with Crippen molar-refractivity contribution in [1.82, 2.24) is 29.9 Å². The number of aryl methyl sites for hydroxylation is 2. The van der Waals surface area contributed by atoms with Crippen LogP contribution in [0, 0.1) is 18.8 Å². The Kier molecular flexibility index (Phi) is 5.22.